The van der Waals surface area contributed by atoms with Crippen molar-refractivity contribution in [3.05, 3.63) is 64.2 Å². The van der Waals surface area contributed by atoms with Gasteiger partial charge in [0.2, 0.25) is 5.91 Å². The zero-order chi connectivity index (χ0) is 17.8. The lowest BCUT2D eigenvalue weighted by atomic mass is 9.97. The molecule has 0 saturated heterocycles. The third-order valence-electron chi connectivity index (χ3n) is 3.78. The van der Waals surface area contributed by atoms with Gasteiger partial charge in [-0.1, -0.05) is 35.9 Å². The second-order valence-corrected chi connectivity index (χ2v) is 5.96. The van der Waals surface area contributed by atoms with E-state index in [1.807, 2.05) is 24.3 Å². The van der Waals surface area contributed by atoms with Crippen molar-refractivity contribution >= 4 is 34.9 Å². The maximum absolute atomic E-state index is 11.9. The first-order valence-electron chi connectivity index (χ1n) is 7.96. The van der Waals surface area contributed by atoms with Crippen LogP contribution in [0.15, 0.2) is 47.5 Å². The Morgan fingerprint density at radius 1 is 1.24 bits per heavy atom. The molecule has 0 fully saturated rings. The molecule has 1 N–H and O–H groups in total. The number of hydrogen-bond acceptors (Lipinski definition) is 4. The summed E-state index contributed by atoms with van der Waals surface area (Å²) in [5, 5.41) is 3.39. The largest absolute Gasteiger partial charge is 0.466 e. The number of benzodiazepines with no additional fused rings is 1. The van der Waals surface area contributed by atoms with E-state index in [1.165, 1.54) is 0 Å². The van der Waals surface area contributed by atoms with Crippen LogP contribution in [0.25, 0.3) is 0 Å². The molecule has 0 atom stereocenters. The molecule has 1 aliphatic rings. The summed E-state index contributed by atoms with van der Waals surface area (Å²) in [5.74, 6) is -0.488. The highest BCUT2D eigenvalue weighted by atomic mass is 35.5. The Kier molecular flexibility index (Phi) is 5.14. The van der Waals surface area contributed by atoms with Crippen molar-refractivity contribution in [3.63, 3.8) is 0 Å². The number of nitrogens with zero attached hydrogens (tertiary/aromatic N) is 1. The molecular weight excluding hydrogens is 340 g/mol. The van der Waals surface area contributed by atoms with Crippen LogP contribution in [0.1, 0.15) is 23.6 Å². The van der Waals surface area contributed by atoms with E-state index in [-0.39, 0.29) is 24.8 Å². The molecule has 25 heavy (non-hydrogen) atoms. The van der Waals surface area contributed by atoms with E-state index in [9.17, 15) is 9.59 Å². The summed E-state index contributed by atoms with van der Waals surface area (Å²) in [6, 6.07) is 12.8. The van der Waals surface area contributed by atoms with Gasteiger partial charge in [0.05, 0.1) is 24.4 Å². The summed E-state index contributed by atoms with van der Waals surface area (Å²) in [5.41, 5.74) is 3.54. The molecule has 0 unspecified atom stereocenters. The summed E-state index contributed by atoms with van der Waals surface area (Å²) < 4.78 is 5.00. The molecule has 1 heterocycles. The van der Waals surface area contributed by atoms with Gasteiger partial charge in [0.1, 0.15) is 6.54 Å². The van der Waals surface area contributed by atoms with Crippen LogP contribution in [0.4, 0.5) is 5.69 Å². The minimum absolute atomic E-state index is 0.0163. The second kappa shape index (κ2) is 7.49. The Morgan fingerprint density at radius 2 is 2.04 bits per heavy atom. The molecule has 2 aromatic rings. The van der Waals surface area contributed by atoms with Crippen LogP contribution < -0.4 is 5.32 Å². The molecule has 0 spiro atoms. The second-order valence-electron chi connectivity index (χ2n) is 5.55. The number of anilines is 1. The summed E-state index contributed by atoms with van der Waals surface area (Å²) in [6.07, 6.45) is 0.158. The predicted molar refractivity (Wildman–Crippen MR) is 97.4 cm³/mol. The van der Waals surface area contributed by atoms with E-state index in [1.54, 1.807) is 25.1 Å². The normalized spacial score (nSPS) is 13.4. The van der Waals surface area contributed by atoms with Gasteiger partial charge in [-0.15, -0.1) is 0 Å². The SMILES string of the molecule is CCOC(=O)Cc1ccc2c(c1)C(c1ccccc1Cl)=NCC(=O)N2. The smallest absolute Gasteiger partial charge is 0.310 e. The van der Waals surface area contributed by atoms with Crippen LogP contribution in [0, 0.1) is 0 Å². The molecule has 5 nitrogen and oxygen atoms in total. The number of aliphatic imine (C=N–C) groups is 1. The molecule has 0 aliphatic carbocycles. The molecule has 1 aliphatic heterocycles. The number of halogens is 1. The minimum Gasteiger partial charge on any atom is -0.466 e. The monoisotopic (exact) mass is 356 g/mol. The Bertz CT molecular complexity index is 861. The molecular formula is C19H17ClN2O3. The van der Waals surface area contributed by atoms with Gasteiger partial charge in [0.25, 0.3) is 0 Å². The predicted octanol–water partition coefficient (Wildman–Crippen LogP) is 3.24. The van der Waals surface area contributed by atoms with Crippen molar-refractivity contribution < 1.29 is 14.3 Å². The Balaban J connectivity index is 2.06. The van der Waals surface area contributed by atoms with Crippen LogP contribution in [-0.4, -0.2) is 30.7 Å². The maximum atomic E-state index is 11.9. The molecule has 0 saturated carbocycles. The average molecular weight is 357 g/mol. The number of esters is 1. The first kappa shape index (κ1) is 17.2. The topological polar surface area (TPSA) is 67.8 Å². The first-order valence-corrected chi connectivity index (χ1v) is 8.34. The highest BCUT2D eigenvalue weighted by Gasteiger charge is 2.20. The van der Waals surface area contributed by atoms with Gasteiger partial charge >= 0.3 is 5.97 Å². The highest BCUT2D eigenvalue weighted by molar-refractivity contribution is 6.36. The minimum atomic E-state index is -0.295. The van der Waals surface area contributed by atoms with Crippen LogP contribution in [0.5, 0.6) is 0 Å². The lowest BCUT2D eigenvalue weighted by Crippen LogP contribution is -2.14. The van der Waals surface area contributed by atoms with Gasteiger partial charge in [-0.3, -0.25) is 14.6 Å². The Morgan fingerprint density at radius 3 is 2.80 bits per heavy atom. The number of benzene rings is 2. The fourth-order valence-corrected chi connectivity index (χ4v) is 2.92. The van der Waals surface area contributed by atoms with Crippen LogP contribution >= 0.6 is 11.6 Å². The van der Waals surface area contributed by atoms with Gasteiger partial charge in [0, 0.05) is 16.1 Å². The molecule has 0 bridgehead atoms. The summed E-state index contributed by atoms with van der Waals surface area (Å²) >= 11 is 6.32. The number of hydrogen-bond donors (Lipinski definition) is 1. The Hall–Kier alpha value is -2.66. The lowest BCUT2D eigenvalue weighted by molar-refractivity contribution is -0.142. The molecule has 0 radical (unpaired) electrons. The van der Waals surface area contributed by atoms with E-state index >= 15 is 0 Å². The standard InChI is InChI=1S/C19H17ClN2O3/c1-2-25-18(24)10-12-7-8-16-14(9-12)19(21-11-17(23)22-16)13-5-3-4-6-15(13)20/h3-9H,2,10-11H2,1H3,(H,22,23). The number of ether oxygens (including phenoxy) is 1. The van der Waals surface area contributed by atoms with Gasteiger partial charge in [-0.2, -0.15) is 0 Å². The highest BCUT2D eigenvalue weighted by Crippen LogP contribution is 2.27. The Labute approximate surface area is 150 Å². The van der Waals surface area contributed by atoms with Gasteiger partial charge in [0.15, 0.2) is 0 Å². The van der Waals surface area contributed by atoms with E-state index < -0.39 is 0 Å². The van der Waals surface area contributed by atoms with E-state index in [4.69, 9.17) is 16.3 Å². The zero-order valence-electron chi connectivity index (χ0n) is 13.7. The number of rotatable bonds is 4. The summed E-state index contributed by atoms with van der Waals surface area (Å²) in [4.78, 5) is 28.1. The molecule has 6 heteroatoms. The van der Waals surface area contributed by atoms with Gasteiger partial charge in [-0.05, 0) is 30.7 Å². The van der Waals surface area contributed by atoms with Crippen molar-refractivity contribution in [1.29, 1.82) is 0 Å². The van der Waals surface area contributed by atoms with E-state index in [2.05, 4.69) is 10.3 Å². The number of carbonyl (C=O) groups is 2. The fraction of sp³-hybridized carbons (Fsp3) is 0.211. The van der Waals surface area contributed by atoms with Crippen LogP contribution in [-0.2, 0) is 20.7 Å². The molecule has 128 valence electrons. The van der Waals surface area contributed by atoms with Crippen molar-refractivity contribution in [2.45, 2.75) is 13.3 Å². The number of fused-ring (bicyclic) bond motifs is 1. The third kappa shape index (κ3) is 3.88. The zero-order valence-corrected chi connectivity index (χ0v) is 14.5. The first-order chi connectivity index (χ1) is 12.1. The van der Waals surface area contributed by atoms with Gasteiger partial charge in [-0.25, -0.2) is 0 Å². The van der Waals surface area contributed by atoms with E-state index in [0.717, 1.165) is 16.7 Å². The molecule has 3 rings (SSSR count). The maximum Gasteiger partial charge on any atom is 0.310 e. The quantitative estimate of drug-likeness (QED) is 0.855. The average Bonchev–Trinajstić information content (AvgIpc) is 2.74. The van der Waals surface area contributed by atoms with Crippen LogP contribution in [0.2, 0.25) is 5.02 Å². The number of carbonyl (C=O) groups excluding carboxylic acids is 2. The number of nitrogens with one attached hydrogen (secondary N) is 1. The van der Waals surface area contributed by atoms with Crippen molar-refractivity contribution in [3.8, 4) is 0 Å². The molecule has 2 aromatic carbocycles. The van der Waals surface area contributed by atoms with Gasteiger partial charge < -0.3 is 10.1 Å². The van der Waals surface area contributed by atoms with Crippen molar-refractivity contribution in [2.24, 2.45) is 4.99 Å². The fourth-order valence-electron chi connectivity index (χ4n) is 2.69. The van der Waals surface area contributed by atoms with Crippen molar-refractivity contribution in [1.82, 2.24) is 0 Å². The number of amides is 1. The van der Waals surface area contributed by atoms with Crippen molar-refractivity contribution in [2.75, 3.05) is 18.5 Å². The van der Waals surface area contributed by atoms with E-state index in [0.29, 0.717) is 23.0 Å². The summed E-state index contributed by atoms with van der Waals surface area (Å²) in [6.45, 7) is 2.13. The summed E-state index contributed by atoms with van der Waals surface area (Å²) in [7, 11) is 0. The lowest BCUT2D eigenvalue weighted by Gasteiger charge is -2.13. The molecule has 0 aromatic heterocycles. The molecule has 1 amide bonds. The third-order valence-corrected chi connectivity index (χ3v) is 4.11. The van der Waals surface area contributed by atoms with Crippen LogP contribution in [0.3, 0.4) is 0 Å².